The van der Waals surface area contributed by atoms with E-state index >= 15 is 0 Å². The van der Waals surface area contributed by atoms with Crippen LogP contribution in [-0.4, -0.2) is 5.11 Å². The zero-order valence-corrected chi connectivity index (χ0v) is 12.4. The minimum atomic E-state index is -0.148. The van der Waals surface area contributed by atoms with Crippen molar-refractivity contribution in [2.75, 3.05) is 0 Å². The van der Waals surface area contributed by atoms with Gasteiger partial charge in [0.15, 0.2) is 0 Å². The van der Waals surface area contributed by atoms with Gasteiger partial charge >= 0.3 is 0 Å². The van der Waals surface area contributed by atoms with Crippen LogP contribution in [0.25, 0.3) is 22.1 Å². The molecule has 21 heavy (non-hydrogen) atoms. The zero-order chi connectivity index (χ0) is 15.1. The third-order valence-corrected chi connectivity index (χ3v) is 3.93. The smallest absolute Gasteiger partial charge is 0.200 e. The molecule has 1 N–H and O–H groups in total. The van der Waals surface area contributed by atoms with Crippen LogP contribution < -0.4 is 5.43 Å². The Kier molecular flexibility index (Phi) is 3.22. The molecule has 0 aliphatic heterocycles. The number of fused-ring (bicyclic) bond motifs is 1. The normalized spacial score (nSPS) is 11.0. The third-order valence-electron chi connectivity index (χ3n) is 3.60. The highest BCUT2D eigenvalue weighted by Crippen LogP contribution is 2.32. The summed E-state index contributed by atoms with van der Waals surface area (Å²) in [7, 11) is 0. The largest absolute Gasteiger partial charge is 0.508 e. The van der Waals surface area contributed by atoms with Crippen LogP contribution in [0.4, 0.5) is 0 Å². The molecule has 3 aromatic rings. The lowest BCUT2D eigenvalue weighted by Crippen LogP contribution is -2.08. The van der Waals surface area contributed by atoms with Gasteiger partial charge in [-0.15, -0.1) is 0 Å². The van der Waals surface area contributed by atoms with Crippen LogP contribution in [0.5, 0.6) is 5.75 Å². The summed E-state index contributed by atoms with van der Waals surface area (Å²) in [4.78, 5) is 12.8. The number of hydrogen-bond donors (Lipinski definition) is 1. The first-order valence-corrected chi connectivity index (χ1v) is 6.89. The Hall–Kier alpha value is -2.26. The van der Waals surface area contributed by atoms with Gasteiger partial charge in [0.2, 0.25) is 5.43 Å². The molecular weight excluding hydrogens is 288 g/mol. The second-order valence-electron chi connectivity index (χ2n) is 4.93. The lowest BCUT2D eigenvalue weighted by molar-refractivity contribution is 0.468. The Bertz CT molecular complexity index is 910. The molecule has 1 aromatic heterocycles. The summed E-state index contributed by atoms with van der Waals surface area (Å²) in [6, 6.07) is 10.2. The molecule has 0 amide bonds. The molecule has 0 unspecified atom stereocenters. The fraction of sp³-hybridized carbons (Fsp3) is 0.118. The van der Waals surface area contributed by atoms with Gasteiger partial charge in [0.05, 0.1) is 10.9 Å². The zero-order valence-electron chi connectivity index (χ0n) is 11.6. The molecule has 0 atom stereocenters. The van der Waals surface area contributed by atoms with Gasteiger partial charge in [-0.05, 0) is 32.0 Å². The van der Waals surface area contributed by atoms with E-state index in [-0.39, 0.29) is 11.2 Å². The van der Waals surface area contributed by atoms with E-state index in [1.807, 2.05) is 12.1 Å². The van der Waals surface area contributed by atoms with E-state index in [2.05, 4.69) is 0 Å². The molecule has 0 radical (unpaired) electrons. The van der Waals surface area contributed by atoms with E-state index in [0.717, 1.165) is 0 Å². The van der Waals surface area contributed by atoms with Gasteiger partial charge in [-0.1, -0.05) is 29.8 Å². The van der Waals surface area contributed by atoms with Crippen molar-refractivity contribution < 1.29 is 9.52 Å². The van der Waals surface area contributed by atoms with Crippen molar-refractivity contribution in [2.45, 2.75) is 13.8 Å². The second kappa shape index (κ2) is 4.93. The number of benzene rings is 2. The van der Waals surface area contributed by atoms with Crippen molar-refractivity contribution in [2.24, 2.45) is 0 Å². The summed E-state index contributed by atoms with van der Waals surface area (Å²) in [5, 5.41) is 10.7. The highest BCUT2D eigenvalue weighted by molar-refractivity contribution is 6.33. The Balaban J connectivity index is 2.45. The molecule has 1 heterocycles. The molecule has 2 aromatic carbocycles. The quantitative estimate of drug-likeness (QED) is 0.723. The molecule has 0 aliphatic rings. The maximum absolute atomic E-state index is 12.8. The summed E-state index contributed by atoms with van der Waals surface area (Å²) in [5.41, 5.74) is 1.92. The molecule has 0 spiro atoms. The average Bonchev–Trinajstić information content (AvgIpc) is 2.45. The van der Waals surface area contributed by atoms with Crippen LogP contribution in [0.3, 0.4) is 0 Å². The molecule has 0 saturated heterocycles. The predicted octanol–water partition coefficient (Wildman–Crippen LogP) is 4.44. The van der Waals surface area contributed by atoms with Gasteiger partial charge < -0.3 is 9.52 Å². The SMILES string of the molecule is Cc1oc2c(C)c(O)ccc2c(=O)c1-c1ccccc1Cl. The van der Waals surface area contributed by atoms with Crippen molar-refractivity contribution in [3.8, 4) is 16.9 Å². The van der Waals surface area contributed by atoms with Crippen LogP contribution in [0.15, 0.2) is 45.6 Å². The Morgan fingerprint density at radius 1 is 1.10 bits per heavy atom. The van der Waals surface area contributed by atoms with Crippen molar-refractivity contribution in [1.82, 2.24) is 0 Å². The number of aromatic hydroxyl groups is 1. The number of phenolic OH excluding ortho intramolecular Hbond substituents is 1. The molecular formula is C17H13ClO3. The van der Waals surface area contributed by atoms with Crippen LogP contribution in [0.1, 0.15) is 11.3 Å². The molecule has 0 aliphatic carbocycles. The van der Waals surface area contributed by atoms with Crippen LogP contribution in [0, 0.1) is 13.8 Å². The van der Waals surface area contributed by atoms with Crippen LogP contribution >= 0.6 is 11.6 Å². The van der Waals surface area contributed by atoms with Crippen LogP contribution in [0.2, 0.25) is 5.02 Å². The minimum Gasteiger partial charge on any atom is -0.508 e. The van der Waals surface area contributed by atoms with Crippen molar-refractivity contribution in [3.63, 3.8) is 0 Å². The van der Waals surface area contributed by atoms with E-state index in [9.17, 15) is 9.90 Å². The highest BCUT2D eigenvalue weighted by atomic mass is 35.5. The van der Waals surface area contributed by atoms with Crippen molar-refractivity contribution in [1.29, 1.82) is 0 Å². The number of phenols is 1. The first kappa shape index (κ1) is 13.7. The summed E-state index contributed by atoms with van der Waals surface area (Å²) >= 11 is 6.19. The maximum atomic E-state index is 12.8. The summed E-state index contributed by atoms with van der Waals surface area (Å²) in [6.07, 6.45) is 0. The Labute approximate surface area is 126 Å². The average molecular weight is 301 g/mol. The van der Waals surface area contributed by atoms with E-state index < -0.39 is 0 Å². The Morgan fingerprint density at radius 2 is 1.81 bits per heavy atom. The van der Waals surface area contributed by atoms with E-state index in [0.29, 0.717) is 38.4 Å². The fourth-order valence-corrected chi connectivity index (χ4v) is 2.70. The first-order valence-electron chi connectivity index (χ1n) is 6.51. The van der Waals surface area contributed by atoms with Crippen molar-refractivity contribution >= 4 is 22.6 Å². The molecule has 3 nitrogen and oxygen atoms in total. The molecule has 106 valence electrons. The van der Waals surface area contributed by atoms with Crippen molar-refractivity contribution in [3.05, 3.63) is 63.0 Å². The molecule has 0 fully saturated rings. The summed E-state index contributed by atoms with van der Waals surface area (Å²) < 4.78 is 5.78. The van der Waals surface area contributed by atoms with Gasteiger partial charge in [-0.2, -0.15) is 0 Å². The van der Waals surface area contributed by atoms with E-state index in [4.69, 9.17) is 16.0 Å². The molecule has 0 saturated carbocycles. The van der Waals surface area contributed by atoms with Gasteiger partial charge in [0.1, 0.15) is 17.1 Å². The van der Waals surface area contributed by atoms with Gasteiger partial charge in [-0.25, -0.2) is 0 Å². The number of halogens is 1. The summed E-state index contributed by atoms with van der Waals surface area (Å²) in [6.45, 7) is 3.44. The first-order chi connectivity index (χ1) is 10.0. The second-order valence-corrected chi connectivity index (χ2v) is 5.34. The lowest BCUT2D eigenvalue weighted by atomic mass is 10.0. The maximum Gasteiger partial charge on any atom is 0.200 e. The molecule has 0 bridgehead atoms. The van der Waals surface area contributed by atoms with E-state index in [1.165, 1.54) is 6.07 Å². The van der Waals surface area contributed by atoms with Crippen LogP contribution in [-0.2, 0) is 0 Å². The van der Waals surface area contributed by atoms with Gasteiger partial charge in [0, 0.05) is 16.1 Å². The standard InChI is InChI=1S/C17H13ClO3/c1-9-14(19)8-7-12-16(20)15(10(2)21-17(9)12)11-5-3-4-6-13(11)18/h3-8,19H,1-2H3. The topological polar surface area (TPSA) is 50.4 Å². The fourth-order valence-electron chi connectivity index (χ4n) is 2.47. The molecule has 4 heteroatoms. The summed E-state index contributed by atoms with van der Waals surface area (Å²) in [5.74, 6) is 0.588. The predicted molar refractivity (Wildman–Crippen MR) is 84.1 cm³/mol. The van der Waals surface area contributed by atoms with E-state index in [1.54, 1.807) is 32.0 Å². The number of rotatable bonds is 1. The lowest BCUT2D eigenvalue weighted by Gasteiger charge is -2.10. The van der Waals surface area contributed by atoms with Gasteiger partial charge in [-0.3, -0.25) is 4.79 Å². The van der Waals surface area contributed by atoms with Gasteiger partial charge in [0.25, 0.3) is 0 Å². The monoisotopic (exact) mass is 300 g/mol. The Morgan fingerprint density at radius 3 is 2.52 bits per heavy atom. The minimum absolute atomic E-state index is 0.107. The number of aryl methyl sites for hydroxylation is 2. The third kappa shape index (κ3) is 2.10. The number of hydrogen-bond acceptors (Lipinski definition) is 3. The molecule has 3 rings (SSSR count). The highest BCUT2D eigenvalue weighted by Gasteiger charge is 2.17.